The van der Waals surface area contributed by atoms with Crippen LogP contribution in [0.25, 0.3) is 0 Å². The first-order valence-corrected chi connectivity index (χ1v) is 7.19. The van der Waals surface area contributed by atoms with Gasteiger partial charge in [-0.15, -0.1) is 0 Å². The first-order valence-electron chi connectivity index (χ1n) is 6.40. The minimum absolute atomic E-state index is 0.0348. The van der Waals surface area contributed by atoms with Gasteiger partial charge in [0.05, 0.1) is 9.40 Å². The Kier molecular flexibility index (Phi) is 4.48. The van der Waals surface area contributed by atoms with Crippen LogP contribution >= 0.6 is 15.9 Å². The van der Waals surface area contributed by atoms with Crippen molar-refractivity contribution in [3.05, 3.63) is 32.8 Å². The fraction of sp³-hybridized carbons (Fsp3) is 0.462. The molecule has 1 aliphatic rings. The molecule has 114 valence electrons. The molecule has 1 atom stereocenters. The topological polar surface area (TPSA) is 102 Å². The summed E-state index contributed by atoms with van der Waals surface area (Å²) in [7, 11) is 0. The summed E-state index contributed by atoms with van der Waals surface area (Å²) in [5.41, 5.74) is -1.49. The molecule has 0 aromatic heterocycles. The Labute approximate surface area is 129 Å². The van der Waals surface area contributed by atoms with Crippen molar-refractivity contribution in [1.82, 2.24) is 5.32 Å². The van der Waals surface area contributed by atoms with Gasteiger partial charge < -0.3 is 9.84 Å². The van der Waals surface area contributed by atoms with Gasteiger partial charge in [-0.3, -0.25) is 20.2 Å². The standard InChI is InChI=1S/C13H15BrN2O5/c1-13(12(17)18,15-8-5-6-8)7-21-11-9(14)3-2-4-10(11)16(19)20/h2-4,8,15H,5-7H2,1H3,(H,17,18). The van der Waals surface area contributed by atoms with Crippen LogP contribution in [0.3, 0.4) is 0 Å². The summed E-state index contributed by atoms with van der Waals surface area (Å²) in [6.07, 6.45) is 1.86. The molecule has 2 N–H and O–H groups in total. The molecule has 0 heterocycles. The summed E-state index contributed by atoms with van der Waals surface area (Å²) in [5.74, 6) is -1.02. The molecule has 0 spiro atoms. The zero-order valence-electron chi connectivity index (χ0n) is 11.3. The van der Waals surface area contributed by atoms with Crippen molar-refractivity contribution in [2.24, 2.45) is 0 Å². The monoisotopic (exact) mass is 358 g/mol. The maximum absolute atomic E-state index is 11.4. The highest BCUT2D eigenvalue weighted by Gasteiger charge is 2.40. The minimum Gasteiger partial charge on any atom is -0.483 e. The van der Waals surface area contributed by atoms with Crippen LogP contribution in [0.1, 0.15) is 19.8 Å². The third-order valence-electron chi connectivity index (χ3n) is 3.22. The molecule has 7 nitrogen and oxygen atoms in total. The molecule has 0 bridgehead atoms. The molecule has 1 aromatic rings. The Morgan fingerprint density at radius 3 is 2.81 bits per heavy atom. The molecule has 1 aliphatic carbocycles. The molecular formula is C13H15BrN2O5. The van der Waals surface area contributed by atoms with E-state index in [0.717, 1.165) is 12.8 Å². The van der Waals surface area contributed by atoms with E-state index >= 15 is 0 Å². The smallest absolute Gasteiger partial charge is 0.327 e. The van der Waals surface area contributed by atoms with Crippen LogP contribution in [0.2, 0.25) is 0 Å². The Bertz CT molecular complexity index is 576. The second-order valence-electron chi connectivity index (χ2n) is 5.19. The Hall–Kier alpha value is -1.67. The average Bonchev–Trinajstić information content (AvgIpc) is 3.20. The van der Waals surface area contributed by atoms with E-state index in [1.807, 2.05) is 0 Å². The summed E-state index contributed by atoms with van der Waals surface area (Å²) in [5, 5.41) is 23.3. The van der Waals surface area contributed by atoms with E-state index in [4.69, 9.17) is 4.74 Å². The van der Waals surface area contributed by atoms with Gasteiger partial charge in [0.25, 0.3) is 0 Å². The first-order chi connectivity index (χ1) is 9.83. The second kappa shape index (κ2) is 5.98. The highest BCUT2D eigenvalue weighted by atomic mass is 79.9. The fourth-order valence-electron chi connectivity index (χ4n) is 1.84. The van der Waals surface area contributed by atoms with Gasteiger partial charge in [0, 0.05) is 12.1 Å². The van der Waals surface area contributed by atoms with Gasteiger partial charge in [-0.1, -0.05) is 6.07 Å². The number of aliphatic carboxylic acids is 1. The van der Waals surface area contributed by atoms with E-state index in [2.05, 4.69) is 21.2 Å². The predicted molar refractivity (Wildman–Crippen MR) is 78.5 cm³/mol. The number of hydrogen-bond donors (Lipinski definition) is 2. The van der Waals surface area contributed by atoms with Gasteiger partial charge in [0.2, 0.25) is 5.75 Å². The number of carboxylic acids is 1. The normalized spacial score (nSPS) is 17.0. The summed E-state index contributed by atoms with van der Waals surface area (Å²) in [6, 6.07) is 4.61. The van der Waals surface area contributed by atoms with Gasteiger partial charge in [0.1, 0.15) is 12.1 Å². The van der Waals surface area contributed by atoms with E-state index < -0.39 is 16.4 Å². The second-order valence-corrected chi connectivity index (χ2v) is 6.04. The van der Waals surface area contributed by atoms with E-state index in [1.165, 1.54) is 19.1 Å². The van der Waals surface area contributed by atoms with E-state index in [-0.39, 0.29) is 24.1 Å². The number of nitrogens with zero attached hydrogens (tertiary/aromatic N) is 1. The molecule has 1 saturated carbocycles. The molecule has 0 radical (unpaired) electrons. The average molecular weight is 359 g/mol. The number of benzene rings is 1. The van der Waals surface area contributed by atoms with Gasteiger partial charge >= 0.3 is 11.7 Å². The van der Waals surface area contributed by atoms with Crippen molar-refractivity contribution < 1.29 is 19.6 Å². The zero-order valence-corrected chi connectivity index (χ0v) is 12.9. The highest BCUT2D eigenvalue weighted by Crippen LogP contribution is 2.35. The molecular weight excluding hydrogens is 344 g/mol. The van der Waals surface area contributed by atoms with Crippen molar-refractivity contribution in [2.45, 2.75) is 31.3 Å². The van der Waals surface area contributed by atoms with Crippen molar-refractivity contribution in [3.8, 4) is 5.75 Å². The number of halogens is 1. The number of nitrogens with one attached hydrogen (secondary N) is 1. The fourth-order valence-corrected chi connectivity index (χ4v) is 2.31. The van der Waals surface area contributed by atoms with Gasteiger partial charge in [-0.25, -0.2) is 0 Å². The predicted octanol–water partition coefficient (Wildman–Crippen LogP) is 2.33. The van der Waals surface area contributed by atoms with Crippen LogP contribution in [0.15, 0.2) is 22.7 Å². The molecule has 21 heavy (non-hydrogen) atoms. The Morgan fingerprint density at radius 1 is 1.62 bits per heavy atom. The molecule has 1 unspecified atom stereocenters. The number of hydrogen-bond acceptors (Lipinski definition) is 5. The van der Waals surface area contributed by atoms with E-state index in [9.17, 15) is 20.0 Å². The summed E-state index contributed by atoms with van der Waals surface area (Å²) < 4.78 is 5.87. The number of nitro groups is 1. The van der Waals surface area contributed by atoms with Crippen molar-refractivity contribution in [3.63, 3.8) is 0 Å². The lowest BCUT2D eigenvalue weighted by Crippen LogP contribution is -2.54. The van der Waals surface area contributed by atoms with Crippen LogP contribution in [0.5, 0.6) is 5.75 Å². The highest BCUT2D eigenvalue weighted by molar-refractivity contribution is 9.10. The SMILES string of the molecule is CC(COc1c(Br)cccc1[N+](=O)[O-])(NC1CC1)C(=O)O. The number of carboxylic acid groups (broad SMARTS) is 1. The number of para-hydroxylation sites is 1. The van der Waals surface area contributed by atoms with Crippen LogP contribution in [-0.4, -0.2) is 34.2 Å². The molecule has 0 saturated heterocycles. The molecule has 2 rings (SSSR count). The minimum atomic E-state index is -1.29. The maximum Gasteiger partial charge on any atom is 0.327 e. The largest absolute Gasteiger partial charge is 0.483 e. The lowest BCUT2D eigenvalue weighted by molar-refractivity contribution is -0.386. The molecule has 0 amide bonds. The lowest BCUT2D eigenvalue weighted by Gasteiger charge is -2.26. The third kappa shape index (κ3) is 3.70. The van der Waals surface area contributed by atoms with Crippen molar-refractivity contribution in [1.29, 1.82) is 0 Å². The number of nitro benzene ring substituents is 1. The van der Waals surface area contributed by atoms with Crippen LogP contribution in [-0.2, 0) is 4.79 Å². The van der Waals surface area contributed by atoms with E-state index in [1.54, 1.807) is 6.07 Å². The Balaban J connectivity index is 2.17. The number of carbonyl (C=O) groups is 1. The molecule has 8 heteroatoms. The lowest BCUT2D eigenvalue weighted by atomic mass is 10.0. The zero-order chi connectivity index (χ0) is 15.6. The Morgan fingerprint density at radius 2 is 2.29 bits per heavy atom. The molecule has 0 aliphatic heterocycles. The number of rotatable bonds is 7. The van der Waals surface area contributed by atoms with Gasteiger partial charge in [-0.2, -0.15) is 0 Å². The summed E-state index contributed by atoms with van der Waals surface area (Å²) in [6.45, 7) is 1.30. The first kappa shape index (κ1) is 15.7. The summed E-state index contributed by atoms with van der Waals surface area (Å²) >= 11 is 3.19. The third-order valence-corrected chi connectivity index (χ3v) is 3.84. The van der Waals surface area contributed by atoms with Crippen LogP contribution in [0, 0.1) is 10.1 Å². The van der Waals surface area contributed by atoms with E-state index in [0.29, 0.717) is 4.47 Å². The van der Waals surface area contributed by atoms with Gasteiger partial charge in [-0.05, 0) is 41.8 Å². The molecule has 1 fully saturated rings. The van der Waals surface area contributed by atoms with Crippen molar-refractivity contribution >= 4 is 27.6 Å². The van der Waals surface area contributed by atoms with Crippen molar-refractivity contribution in [2.75, 3.05) is 6.61 Å². The molecule has 1 aromatic carbocycles. The number of ether oxygens (including phenoxy) is 1. The van der Waals surface area contributed by atoms with Gasteiger partial charge in [0.15, 0.2) is 0 Å². The summed E-state index contributed by atoms with van der Waals surface area (Å²) in [4.78, 5) is 21.9. The quantitative estimate of drug-likeness (QED) is 0.572. The van der Waals surface area contributed by atoms with Crippen LogP contribution in [0.4, 0.5) is 5.69 Å². The van der Waals surface area contributed by atoms with Crippen LogP contribution < -0.4 is 10.1 Å². The maximum atomic E-state index is 11.4.